The molecule has 0 aromatic rings. The van der Waals surface area contributed by atoms with Crippen LogP contribution in [-0.2, 0) is 18.6 Å². The van der Waals surface area contributed by atoms with Gasteiger partial charge in [0.2, 0.25) is 0 Å². The van der Waals surface area contributed by atoms with E-state index in [-0.39, 0.29) is 6.61 Å². The molecule has 0 amide bonds. The molecule has 0 aromatic heterocycles. The van der Waals surface area contributed by atoms with Gasteiger partial charge >= 0.3 is 0 Å². The fourth-order valence-corrected chi connectivity index (χ4v) is 1.79. The lowest BCUT2D eigenvalue weighted by molar-refractivity contribution is -0.199. The van der Waals surface area contributed by atoms with E-state index in [1.807, 2.05) is 0 Å². The lowest BCUT2D eigenvalue weighted by Gasteiger charge is -2.23. The highest BCUT2D eigenvalue weighted by Gasteiger charge is 2.42. The summed E-state index contributed by atoms with van der Waals surface area (Å²) < 4.78 is 38.3. The molecule has 0 spiro atoms. The number of hydrogen-bond donors (Lipinski definition) is 0. The maximum Gasteiger partial charge on any atom is 0.146 e. The summed E-state index contributed by atoms with van der Waals surface area (Å²) >= 11 is 0. The smallest absolute Gasteiger partial charge is 0.146 e. The molecular formula is C7H12BFO5P-. The standard InChI is InChI=1S/C7H13BFO5P/c1-12-6-4(3-13-15(2,10)11)14-7(8)5(6)9/h4-7H,3H2,1-2H3,(H,10,11)/p-1. The maximum absolute atomic E-state index is 13.3. The van der Waals surface area contributed by atoms with Gasteiger partial charge in [0.25, 0.3) is 0 Å². The second-order valence-electron chi connectivity index (χ2n) is 3.35. The summed E-state index contributed by atoms with van der Waals surface area (Å²) in [6.07, 6.45) is -3.18. The van der Waals surface area contributed by atoms with Crippen LogP contribution in [0.1, 0.15) is 0 Å². The molecule has 0 saturated carbocycles. The maximum atomic E-state index is 13.3. The largest absolute Gasteiger partial charge is 0.779 e. The van der Waals surface area contributed by atoms with Crippen molar-refractivity contribution in [2.24, 2.45) is 0 Å². The molecule has 0 aromatic carbocycles. The molecule has 2 radical (unpaired) electrons. The van der Waals surface area contributed by atoms with Crippen molar-refractivity contribution in [1.82, 2.24) is 0 Å². The van der Waals surface area contributed by atoms with Crippen LogP contribution in [0.3, 0.4) is 0 Å². The minimum atomic E-state index is -3.84. The van der Waals surface area contributed by atoms with Crippen LogP contribution in [0.2, 0.25) is 0 Å². The monoisotopic (exact) mass is 237 g/mol. The molecule has 86 valence electrons. The molecule has 1 heterocycles. The summed E-state index contributed by atoms with van der Waals surface area (Å²) in [5.41, 5.74) is 0. The summed E-state index contributed by atoms with van der Waals surface area (Å²) in [5.74, 6) is 0. The van der Waals surface area contributed by atoms with Crippen LogP contribution in [0.15, 0.2) is 0 Å². The minimum Gasteiger partial charge on any atom is -0.779 e. The van der Waals surface area contributed by atoms with Crippen molar-refractivity contribution in [2.75, 3.05) is 20.4 Å². The molecule has 0 bridgehead atoms. The number of halogens is 1. The Labute approximate surface area is 88.8 Å². The van der Waals surface area contributed by atoms with Crippen LogP contribution in [0.25, 0.3) is 0 Å². The van der Waals surface area contributed by atoms with Gasteiger partial charge in [-0.1, -0.05) is 0 Å². The first-order valence-corrected chi connectivity index (χ1v) is 6.35. The zero-order valence-corrected chi connectivity index (χ0v) is 9.35. The van der Waals surface area contributed by atoms with Gasteiger partial charge in [-0.3, -0.25) is 0 Å². The Morgan fingerprint density at radius 2 is 2.27 bits per heavy atom. The normalized spacial score (nSPS) is 40.3. The Bertz CT molecular complexity index is 260. The topological polar surface area (TPSA) is 67.8 Å². The predicted molar refractivity (Wildman–Crippen MR) is 49.6 cm³/mol. The average molecular weight is 237 g/mol. The fraction of sp³-hybridized carbons (Fsp3) is 1.00. The van der Waals surface area contributed by atoms with E-state index < -0.39 is 32.0 Å². The number of alkyl halides is 1. The van der Waals surface area contributed by atoms with Crippen LogP contribution in [0.4, 0.5) is 4.39 Å². The van der Waals surface area contributed by atoms with Crippen LogP contribution in [0.5, 0.6) is 0 Å². The zero-order valence-electron chi connectivity index (χ0n) is 8.46. The highest BCUT2D eigenvalue weighted by Crippen LogP contribution is 2.33. The number of methoxy groups -OCH3 is 1. The van der Waals surface area contributed by atoms with Crippen LogP contribution in [-0.4, -0.2) is 52.6 Å². The van der Waals surface area contributed by atoms with Gasteiger partial charge in [0.05, 0.1) is 12.6 Å². The Hall–Kier alpha value is 0.0649. The quantitative estimate of drug-likeness (QED) is 0.483. The molecule has 1 aliphatic heterocycles. The van der Waals surface area contributed by atoms with E-state index in [1.54, 1.807) is 0 Å². The average Bonchev–Trinajstić information content (AvgIpc) is 2.38. The highest BCUT2D eigenvalue weighted by atomic mass is 31.2. The number of ether oxygens (including phenoxy) is 2. The van der Waals surface area contributed by atoms with Gasteiger partial charge in [-0.05, 0) is 0 Å². The van der Waals surface area contributed by atoms with E-state index in [0.29, 0.717) is 0 Å². The summed E-state index contributed by atoms with van der Waals surface area (Å²) in [4.78, 5) is 10.7. The molecular weight excluding hydrogens is 225 g/mol. The lowest BCUT2D eigenvalue weighted by Crippen LogP contribution is -2.34. The third-order valence-corrected chi connectivity index (χ3v) is 2.69. The Morgan fingerprint density at radius 3 is 2.73 bits per heavy atom. The van der Waals surface area contributed by atoms with Gasteiger partial charge in [0, 0.05) is 13.8 Å². The number of rotatable bonds is 4. The van der Waals surface area contributed by atoms with Gasteiger partial charge < -0.3 is 23.5 Å². The summed E-state index contributed by atoms with van der Waals surface area (Å²) in [6, 6.07) is -1.11. The van der Waals surface area contributed by atoms with E-state index in [1.165, 1.54) is 7.11 Å². The Balaban J connectivity index is 2.52. The highest BCUT2D eigenvalue weighted by molar-refractivity contribution is 7.50. The van der Waals surface area contributed by atoms with Crippen molar-refractivity contribution in [3.05, 3.63) is 0 Å². The van der Waals surface area contributed by atoms with Gasteiger partial charge in [-0.25, -0.2) is 4.39 Å². The molecule has 1 aliphatic rings. The first kappa shape index (κ1) is 13.1. The summed E-state index contributed by atoms with van der Waals surface area (Å²) in [7, 11) is 2.75. The Kier molecular flexibility index (Phi) is 4.32. The summed E-state index contributed by atoms with van der Waals surface area (Å²) in [6.45, 7) is 0.639. The minimum absolute atomic E-state index is 0.288. The van der Waals surface area contributed by atoms with Crippen molar-refractivity contribution in [3.8, 4) is 0 Å². The molecule has 1 rings (SSSR count). The van der Waals surface area contributed by atoms with Crippen LogP contribution < -0.4 is 4.89 Å². The van der Waals surface area contributed by atoms with E-state index in [4.69, 9.17) is 17.3 Å². The zero-order chi connectivity index (χ0) is 11.6. The molecule has 5 atom stereocenters. The van der Waals surface area contributed by atoms with Crippen LogP contribution >= 0.6 is 7.60 Å². The molecule has 0 aliphatic carbocycles. The third-order valence-electron chi connectivity index (χ3n) is 2.07. The molecule has 5 nitrogen and oxygen atoms in total. The molecule has 15 heavy (non-hydrogen) atoms. The predicted octanol–water partition coefficient (Wildman–Crippen LogP) is -0.567. The van der Waals surface area contributed by atoms with Crippen molar-refractivity contribution in [1.29, 1.82) is 0 Å². The second-order valence-corrected chi connectivity index (χ2v) is 5.15. The summed E-state index contributed by atoms with van der Waals surface area (Å²) in [5, 5.41) is 0. The lowest BCUT2D eigenvalue weighted by atomic mass is 9.94. The SMILES string of the molecule is [B]C1OC(COP(C)(=O)[O-])C(OC)C1F. The number of hydrogen-bond acceptors (Lipinski definition) is 5. The van der Waals surface area contributed by atoms with Gasteiger partial charge in [-0.15, -0.1) is 0 Å². The van der Waals surface area contributed by atoms with Gasteiger partial charge in [0.1, 0.15) is 33.8 Å². The van der Waals surface area contributed by atoms with E-state index in [9.17, 15) is 13.8 Å². The van der Waals surface area contributed by atoms with E-state index >= 15 is 0 Å². The van der Waals surface area contributed by atoms with Crippen molar-refractivity contribution < 1.29 is 27.8 Å². The molecule has 1 saturated heterocycles. The first-order valence-electron chi connectivity index (χ1n) is 4.36. The van der Waals surface area contributed by atoms with Crippen LogP contribution in [0, 0.1) is 0 Å². The van der Waals surface area contributed by atoms with Crippen molar-refractivity contribution in [3.63, 3.8) is 0 Å². The van der Waals surface area contributed by atoms with E-state index in [0.717, 1.165) is 6.66 Å². The molecule has 5 unspecified atom stereocenters. The van der Waals surface area contributed by atoms with E-state index in [2.05, 4.69) is 4.52 Å². The van der Waals surface area contributed by atoms with Gasteiger partial charge in [0.15, 0.2) is 0 Å². The molecule has 0 N–H and O–H groups in total. The molecule has 1 fully saturated rings. The third kappa shape index (κ3) is 3.54. The fourth-order valence-electron chi connectivity index (χ4n) is 1.37. The first-order chi connectivity index (χ1) is 6.85. The van der Waals surface area contributed by atoms with Crippen molar-refractivity contribution >= 4 is 15.4 Å². The Morgan fingerprint density at radius 1 is 1.67 bits per heavy atom. The second kappa shape index (κ2) is 4.93. The van der Waals surface area contributed by atoms with Gasteiger partial charge in [-0.2, -0.15) is 0 Å². The van der Waals surface area contributed by atoms with Crippen molar-refractivity contribution in [2.45, 2.75) is 24.4 Å². The molecule has 8 heteroatoms.